The molecule has 104 valence electrons. The summed E-state index contributed by atoms with van der Waals surface area (Å²) in [6.45, 7) is 1.87. The average molecular weight is 277 g/mol. The van der Waals surface area contributed by atoms with Crippen LogP contribution in [0.3, 0.4) is 0 Å². The first-order valence-corrected chi connectivity index (χ1v) is 6.72. The van der Waals surface area contributed by atoms with Gasteiger partial charge in [0, 0.05) is 17.1 Å². The van der Waals surface area contributed by atoms with E-state index in [1.165, 1.54) is 0 Å². The van der Waals surface area contributed by atoms with E-state index in [9.17, 15) is 4.79 Å². The highest BCUT2D eigenvalue weighted by Crippen LogP contribution is 2.17. The lowest BCUT2D eigenvalue weighted by molar-refractivity contribution is 0.0956. The first kappa shape index (κ1) is 13.1. The quantitative estimate of drug-likeness (QED) is 0.560. The minimum absolute atomic E-state index is 0.220. The number of para-hydroxylation sites is 1. The van der Waals surface area contributed by atoms with E-state index in [0.29, 0.717) is 5.56 Å². The van der Waals surface area contributed by atoms with Crippen LogP contribution in [0, 0.1) is 0 Å². The number of carbonyl (C=O) groups excluding carboxylic acids is 1. The Hall–Kier alpha value is -2.88. The van der Waals surface area contributed by atoms with Gasteiger partial charge in [-0.15, -0.1) is 0 Å². The molecule has 0 saturated heterocycles. The molecule has 4 heteroatoms. The maximum atomic E-state index is 12.2. The molecule has 0 bridgehead atoms. The maximum absolute atomic E-state index is 12.2. The Kier molecular flexibility index (Phi) is 3.51. The molecule has 0 aliphatic carbocycles. The van der Waals surface area contributed by atoms with Gasteiger partial charge in [0.1, 0.15) is 0 Å². The van der Waals surface area contributed by atoms with Gasteiger partial charge in [-0.3, -0.25) is 4.79 Å². The van der Waals surface area contributed by atoms with Gasteiger partial charge in [-0.1, -0.05) is 48.5 Å². The van der Waals surface area contributed by atoms with Gasteiger partial charge >= 0.3 is 0 Å². The van der Waals surface area contributed by atoms with Gasteiger partial charge in [-0.2, -0.15) is 5.10 Å². The van der Waals surface area contributed by atoms with Gasteiger partial charge in [0.2, 0.25) is 0 Å². The largest absolute Gasteiger partial charge is 0.360 e. The Balaban J connectivity index is 1.81. The average Bonchev–Trinajstić information content (AvgIpc) is 2.97. The SMILES string of the molecule is C/C(=N/NC(=O)c1c[nH]c2ccccc12)c1ccccc1. The fraction of sp³-hybridized carbons (Fsp3) is 0.0588. The number of carbonyl (C=O) groups is 1. The topological polar surface area (TPSA) is 57.2 Å². The second-order valence-corrected chi connectivity index (χ2v) is 4.75. The highest BCUT2D eigenvalue weighted by molar-refractivity contribution is 6.07. The van der Waals surface area contributed by atoms with E-state index in [2.05, 4.69) is 15.5 Å². The number of rotatable bonds is 3. The summed E-state index contributed by atoms with van der Waals surface area (Å²) >= 11 is 0. The monoisotopic (exact) mass is 277 g/mol. The zero-order chi connectivity index (χ0) is 14.7. The maximum Gasteiger partial charge on any atom is 0.273 e. The van der Waals surface area contributed by atoms with Crippen molar-refractivity contribution in [3.8, 4) is 0 Å². The fourth-order valence-electron chi connectivity index (χ4n) is 2.20. The number of aromatic nitrogens is 1. The minimum Gasteiger partial charge on any atom is -0.360 e. The van der Waals surface area contributed by atoms with Gasteiger partial charge in [0.25, 0.3) is 5.91 Å². The molecule has 0 radical (unpaired) electrons. The van der Waals surface area contributed by atoms with Crippen LogP contribution in [0.5, 0.6) is 0 Å². The standard InChI is InChI=1S/C17H15N3O/c1-12(13-7-3-2-4-8-13)19-20-17(21)15-11-18-16-10-6-5-9-14(15)16/h2-11,18H,1H3,(H,20,21)/b19-12-. The summed E-state index contributed by atoms with van der Waals surface area (Å²) < 4.78 is 0. The zero-order valence-corrected chi connectivity index (χ0v) is 11.6. The lowest BCUT2D eigenvalue weighted by atomic mass is 10.1. The van der Waals surface area contributed by atoms with Crippen LogP contribution in [0.2, 0.25) is 0 Å². The first-order chi connectivity index (χ1) is 10.3. The van der Waals surface area contributed by atoms with Crippen molar-refractivity contribution in [2.24, 2.45) is 5.10 Å². The van der Waals surface area contributed by atoms with Crippen molar-refractivity contribution in [1.29, 1.82) is 0 Å². The predicted molar refractivity (Wildman–Crippen MR) is 84.4 cm³/mol. The van der Waals surface area contributed by atoms with Crippen LogP contribution in [-0.4, -0.2) is 16.6 Å². The van der Waals surface area contributed by atoms with Crippen molar-refractivity contribution in [2.75, 3.05) is 0 Å². The number of H-pyrrole nitrogens is 1. The molecule has 3 rings (SSSR count). The molecule has 0 unspecified atom stereocenters. The number of benzene rings is 2. The molecule has 1 amide bonds. The molecule has 2 aromatic carbocycles. The summed E-state index contributed by atoms with van der Waals surface area (Å²) in [5.74, 6) is -0.220. The Morgan fingerprint density at radius 1 is 1.05 bits per heavy atom. The summed E-state index contributed by atoms with van der Waals surface area (Å²) in [6.07, 6.45) is 1.70. The molecule has 0 atom stereocenters. The summed E-state index contributed by atoms with van der Waals surface area (Å²) in [5.41, 5.74) is 5.88. The molecule has 2 N–H and O–H groups in total. The number of aromatic amines is 1. The van der Waals surface area contributed by atoms with E-state index in [-0.39, 0.29) is 5.91 Å². The molecule has 0 aliphatic rings. The van der Waals surface area contributed by atoms with Crippen molar-refractivity contribution in [1.82, 2.24) is 10.4 Å². The highest BCUT2D eigenvalue weighted by Gasteiger charge is 2.10. The Labute approximate surface area is 122 Å². The van der Waals surface area contributed by atoms with Gasteiger partial charge in [0.05, 0.1) is 11.3 Å². The number of nitrogens with one attached hydrogen (secondary N) is 2. The Bertz CT molecular complexity index is 803. The summed E-state index contributed by atoms with van der Waals surface area (Å²) in [7, 11) is 0. The highest BCUT2D eigenvalue weighted by atomic mass is 16.2. The van der Waals surface area contributed by atoms with E-state index in [4.69, 9.17) is 0 Å². The zero-order valence-electron chi connectivity index (χ0n) is 11.6. The summed E-state index contributed by atoms with van der Waals surface area (Å²) in [4.78, 5) is 15.3. The third-order valence-electron chi connectivity index (χ3n) is 3.35. The first-order valence-electron chi connectivity index (χ1n) is 6.72. The number of hydrogen-bond acceptors (Lipinski definition) is 2. The predicted octanol–water partition coefficient (Wildman–Crippen LogP) is 3.32. The van der Waals surface area contributed by atoms with Crippen LogP contribution in [0.15, 0.2) is 65.9 Å². The second-order valence-electron chi connectivity index (χ2n) is 4.75. The van der Waals surface area contributed by atoms with E-state index < -0.39 is 0 Å². The molecule has 0 fully saturated rings. The van der Waals surface area contributed by atoms with Gasteiger partial charge in [0.15, 0.2) is 0 Å². The van der Waals surface area contributed by atoms with Gasteiger partial charge in [-0.25, -0.2) is 5.43 Å². The lowest BCUT2D eigenvalue weighted by Gasteiger charge is -2.02. The third kappa shape index (κ3) is 2.69. The number of hydrazone groups is 1. The molecular weight excluding hydrogens is 262 g/mol. The van der Waals surface area contributed by atoms with Crippen molar-refractivity contribution < 1.29 is 4.79 Å². The van der Waals surface area contributed by atoms with Crippen molar-refractivity contribution >= 4 is 22.5 Å². The van der Waals surface area contributed by atoms with Crippen molar-refractivity contribution in [3.05, 3.63) is 71.9 Å². The van der Waals surface area contributed by atoms with Crippen LogP contribution in [0.25, 0.3) is 10.9 Å². The lowest BCUT2D eigenvalue weighted by Crippen LogP contribution is -2.19. The van der Waals surface area contributed by atoms with Gasteiger partial charge in [-0.05, 0) is 18.6 Å². The molecule has 21 heavy (non-hydrogen) atoms. The van der Waals surface area contributed by atoms with Crippen LogP contribution >= 0.6 is 0 Å². The molecule has 4 nitrogen and oxygen atoms in total. The van der Waals surface area contributed by atoms with Crippen LogP contribution < -0.4 is 5.43 Å². The molecule has 0 spiro atoms. The smallest absolute Gasteiger partial charge is 0.273 e. The number of fused-ring (bicyclic) bond motifs is 1. The number of nitrogens with zero attached hydrogens (tertiary/aromatic N) is 1. The van der Waals surface area contributed by atoms with Crippen LogP contribution in [0.4, 0.5) is 0 Å². The number of amides is 1. The van der Waals surface area contributed by atoms with Gasteiger partial charge < -0.3 is 4.98 Å². The molecule has 0 saturated carbocycles. The van der Waals surface area contributed by atoms with Crippen LogP contribution in [-0.2, 0) is 0 Å². The normalized spacial score (nSPS) is 11.6. The molecule has 0 aliphatic heterocycles. The van der Waals surface area contributed by atoms with Crippen LogP contribution in [0.1, 0.15) is 22.8 Å². The minimum atomic E-state index is -0.220. The van der Waals surface area contributed by atoms with E-state index in [1.54, 1.807) is 6.20 Å². The third-order valence-corrected chi connectivity index (χ3v) is 3.35. The Morgan fingerprint density at radius 2 is 1.76 bits per heavy atom. The Morgan fingerprint density at radius 3 is 2.57 bits per heavy atom. The van der Waals surface area contributed by atoms with E-state index >= 15 is 0 Å². The van der Waals surface area contributed by atoms with E-state index in [1.807, 2.05) is 61.5 Å². The second kappa shape index (κ2) is 5.63. The van der Waals surface area contributed by atoms with Crippen molar-refractivity contribution in [2.45, 2.75) is 6.92 Å². The van der Waals surface area contributed by atoms with E-state index in [0.717, 1.165) is 22.2 Å². The molecular formula is C17H15N3O. The molecule has 1 heterocycles. The molecule has 3 aromatic rings. The summed E-state index contributed by atoms with van der Waals surface area (Å²) in [5, 5.41) is 5.05. The number of hydrogen-bond donors (Lipinski definition) is 2. The fourth-order valence-corrected chi connectivity index (χ4v) is 2.20. The summed E-state index contributed by atoms with van der Waals surface area (Å²) in [6, 6.07) is 17.4. The van der Waals surface area contributed by atoms with Crippen molar-refractivity contribution in [3.63, 3.8) is 0 Å². The molecule has 1 aromatic heterocycles.